The summed E-state index contributed by atoms with van der Waals surface area (Å²) < 4.78 is 0. The molecule has 2 N–H and O–H groups in total. The Morgan fingerprint density at radius 3 is 2.40 bits per heavy atom. The molecule has 0 aliphatic carbocycles. The fourth-order valence-corrected chi connectivity index (χ4v) is 0.619. The van der Waals surface area contributed by atoms with Crippen LogP contribution in [0.25, 0.3) is 0 Å². The molecule has 0 spiro atoms. The first-order chi connectivity index (χ1) is 4.20. The molecule has 0 fully saturated rings. The van der Waals surface area contributed by atoms with Crippen molar-refractivity contribution in [1.29, 1.82) is 0 Å². The molecule has 10 heavy (non-hydrogen) atoms. The molecular formula is C7H8NNaO. The summed E-state index contributed by atoms with van der Waals surface area (Å²) in [5.41, 5.74) is 6.95. The fourth-order valence-electron chi connectivity index (χ4n) is 0.619. The van der Waals surface area contributed by atoms with E-state index in [0.717, 1.165) is 5.56 Å². The Labute approximate surface area is 82.3 Å². The second-order valence-corrected chi connectivity index (χ2v) is 2.02. The summed E-state index contributed by atoms with van der Waals surface area (Å²) in [6, 6.07) is 4.65. The summed E-state index contributed by atoms with van der Waals surface area (Å²) in [5.74, 6) is -0.0295. The molecule has 0 heterocycles. The third-order valence-corrected chi connectivity index (χ3v) is 1.25. The van der Waals surface area contributed by atoms with Gasteiger partial charge in [-0.25, -0.2) is 0 Å². The molecule has 48 valence electrons. The number of nitrogens with two attached hydrogens (primary N) is 1. The number of aryl methyl sites for hydroxylation is 1. The number of hydrogen-bond donors (Lipinski definition) is 1. The molecule has 0 aliphatic rings. The van der Waals surface area contributed by atoms with Crippen molar-refractivity contribution in [2.45, 2.75) is 6.92 Å². The molecule has 0 aliphatic heterocycles. The van der Waals surface area contributed by atoms with Crippen molar-refractivity contribution in [2.75, 3.05) is 5.73 Å². The SMILES string of the molecule is Cc1ccc([O-])cc1N.[Na+]. The first-order valence-corrected chi connectivity index (χ1v) is 2.73. The fraction of sp³-hybridized carbons (Fsp3) is 0.143. The number of hydrogen-bond acceptors (Lipinski definition) is 2. The number of nitrogen functional groups attached to an aromatic ring is 1. The topological polar surface area (TPSA) is 49.1 Å². The molecule has 0 bridgehead atoms. The first-order valence-electron chi connectivity index (χ1n) is 2.73. The van der Waals surface area contributed by atoms with Crippen LogP contribution < -0.4 is 40.4 Å². The van der Waals surface area contributed by atoms with Gasteiger partial charge >= 0.3 is 29.6 Å². The van der Waals surface area contributed by atoms with E-state index in [0.29, 0.717) is 5.69 Å². The van der Waals surface area contributed by atoms with Crippen LogP contribution in [0, 0.1) is 6.92 Å². The normalized spacial score (nSPS) is 8.50. The van der Waals surface area contributed by atoms with Gasteiger partial charge in [-0.1, -0.05) is 12.1 Å². The van der Waals surface area contributed by atoms with E-state index in [1.165, 1.54) is 12.1 Å². The zero-order valence-electron chi connectivity index (χ0n) is 6.22. The summed E-state index contributed by atoms with van der Waals surface area (Å²) >= 11 is 0. The van der Waals surface area contributed by atoms with Crippen LogP contribution in [0.3, 0.4) is 0 Å². The average Bonchev–Trinajstić information content (AvgIpc) is 1.80. The standard InChI is InChI=1S/C7H9NO.Na/c1-5-2-3-6(9)4-7(5)8;/h2-4,9H,8H2,1H3;/q;+1/p-1. The van der Waals surface area contributed by atoms with Crippen molar-refractivity contribution in [3.8, 4) is 5.75 Å². The Bertz CT molecular complexity index is 225. The third kappa shape index (κ3) is 2.21. The van der Waals surface area contributed by atoms with Crippen LogP contribution in [0.5, 0.6) is 5.75 Å². The Balaban J connectivity index is 0.000000810. The Hall–Kier alpha value is -0.180. The second kappa shape index (κ2) is 3.86. The predicted octanol–water partition coefficient (Wildman–Crippen LogP) is -2.35. The molecule has 0 aromatic heterocycles. The van der Waals surface area contributed by atoms with E-state index in [4.69, 9.17) is 5.73 Å². The maximum atomic E-state index is 10.6. The molecule has 1 rings (SSSR count). The van der Waals surface area contributed by atoms with E-state index >= 15 is 0 Å². The van der Waals surface area contributed by atoms with Crippen molar-refractivity contribution in [1.82, 2.24) is 0 Å². The van der Waals surface area contributed by atoms with E-state index in [1.807, 2.05) is 6.92 Å². The molecule has 0 unspecified atom stereocenters. The molecule has 0 radical (unpaired) electrons. The summed E-state index contributed by atoms with van der Waals surface area (Å²) in [4.78, 5) is 0. The summed E-state index contributed by atoms with van der Waals surface area (Å²) in [7, 11) is 0. The molecular weight excluding hydrogens is 137 g/mol. The summed E-state index contributed by atoms with van der Waals surface area (Å²) in [6.45, 7) is 1.87. The average molecular weight is 145 g/mol. The van der Waals surface area contributed by atoms with Gasteiger partial charge in [0, 0.05) is 5.69 Å². The predicted molar refractivity (Wildman–Crippen MR) is 35.0 cm³/mol. The van der Waals surface area contributed by atoms with Gasteiger partial charge in [0.2, 0.25) is 0 Å². The molecule has 1 aromatic rings. The van der Waals surface area contributed by atoms with Crippen LogP contribution in [0.2, 0.25) is 0 Å². The smallest absolute Gasteiger partial charge is 0.872 e. The molecule has 1 aromatic carbocycles. The minimum absolute atomic E-state index is 0. The zero-order valence-corrected chi connectivity index (χ0v) is 8.22. The molecule has 0 amide bonds. The van der Waals surface area contributed by atoms with Gasteiger partial charge in [-0.3, -0.25) is 0 Å². The van der Waals surface area contributed by atoms with Gasteiger partial charge in [-0.15, -0.1) is 5.75 Å². The van der Waals surface area contributed by atoms with Gasteiger partial charge in [0.15, 0.2) is 0 Å². The van der Waals surface area contributed by atoms with Crippen molar-refractivity contribution in [2.24, 2.45) is 0 Å². The molecule has 0 saturated carbocycles. The van der Waals surface area contributed by atoms with Crippen molar-refractivity contribution < 1.29 is 34.7 Å². The quantitative estimate of drug-likeness (QED) is 0.328. The van der Waals surface area contributed by atoms with E-state index in [1.54, 1.807) is 6.07 Å². The summed E-state index contributed by atoms with van der Waals surface area (Å²) in [5, 5.41) is 10.6. The van der Waals surface area contributed by atoms with Gasteiger partial charge in [-0.2, -0.15) is 0 Å². The maximum absolute atomic E-state index is 10.6. The van der Waals surface area contributed by atoms with E-state index < -0.39 is 0 Å². The van der Waals surface area contributed by atoms with Crippen LogP contribution in [0.1, 0.15) is 5.56 Å². The van der Waals surface area contributed by atoms with Gasteiger partial charge in [0.05, 0.1) is 0 Å². The maximum Gasteiger partial charge on any atom is 1.00 e. The number of anilines is 1. The Kier molecular flexibility index (Phi) is 3.79. The van der Waals surface area contributed by atoms with Crippen LogP contribution in [-0.2, 0) is 0 Å². The number of rotatable bonds is 0. The van der Waals surface area contributed by atoms with Crippen LogP contribution in [0.4, 0.5) is 5.69 Å². The van der Waals surface area contributed by atoms with Gasteiger partial charge in [0.25, 0.3) is 0 Å². The van der Waals surface area contributed by atoms with Crippen LogP contribution >= 0.6 is 0 Å². The van der Waals surface area contributed by atoms with Crippen molar-refractivity contribution in [3.05, 3.63) is 23.8 Å². The molecule has 3 heteroatoms. The first kappa shape index (κ1) is 9.82. The largest absolute Gasteiger partial charge is 1.00 e. The zero-order chi connectivity index (χ0) is 6.85. The molecule has 2 nitrogen and oxygen atoms in total. The molecule has 0 atom stereocenters. The second-order valence-electron chi connectivity index (χ2n) is 2.02. The third-order valence-electron chi connectivity index (χ3n) is 1.25. The van der Waals surface area contributed by atoms with Gasteiger partial charge < -0.3 is 10.8 Å². The minimum Gasteiger partial charge on any atom is -0.872 e. The van der Waals surface area contributed by atoms with Crippen molar-refractivity contribution in [3.63, 3.8) is 0 Å². The van der Waals surface area contributed by atoms with Crippen LogP contribution in [-0.4, -0.2) is 0 Å². The Morgan fingerprint density at radius 2 is 2.00 bits per heavy atom. The van der Waals surface area contributed by atoms with E-state index in [-0.39, 0.29) is 35.3 Å². The Morgan fingerprint density at radius 1 is 1.40 bits per heavy atom. The van der Waals surface area contributed by atoms with E-state index in [2.05, 4.69) is 0 Å². The number of benzene rings is 1. The van der Waals surface area contributed by atoms with Gasteiger partial charge in [0.1, 0.15) is 0 Å². The monoisotopic (exact) mass is 145 g/mol. The van der Waals surface area contributed by atoms with E-state index in [9.17, 15) is 5.11 Å². The summed E-state index contributed by atoms with van der Waals surface area (Å²) in [6.07, 6.45) is 0. The van der Waals surface area contributed by atoms with Gasteiger partial charge in [-0.05, 0) is 18.6 Å². The molecule has 0 saturated heterocycles. The minimum atomic E-state index is -0.0295. The van der Waals surface area contributed by atoms with Crippen molar-refractivity contribution >= 4 is 5.69 Å². The van der Waals surface area contributed by atoms with Crippen LogP contribution in [0.15, 0.2) is 18.2 Å².